The molecule has 3 rings (SSSR count). The van der Waals surface area contributed by atoms with Crippen LogP contribution in [-0.2, 0) is 27.8 Å². The van der Waals surface area contributed by atoms with Gasteiger partial charge in [-0.3, -0.25) is 9.59 Å². The van der Waals surface area contributed by atoms with E-state index in [0.717, 1.165) is 22.4 Å². The average molecular weight is 473 g/mol. The van der Waals surface area contributed by atoms with Gasteiger partial charge in [0.1, 0.15) is 11.8 Å². The van der Waals surface area contributed by atoms with Crippen LogP contribution in [0.25, 0.3) is 0 Å². The lowest BCUT2D eigenvalue weighted by molar-refractivity contribution is -0.129. The number of amides is 2. The summed E-state index contributed by atoms with van der Waals surface area (Å²) >= 11 is 0. The molecule has 0 spiro atoms. The summed E-state index contributed by atoms with van der Waals surface area (Å²) in [5.41, 5.74) is 4.14. The number of carbonyl (C=O) groups is 2. The van der Waals surface area contributed by atoms with E-state index in [1.807, 2.05) is 73.7 Å². The van der Waals surface area contributed by atoms with E-state index in [9.17, 15) is 9.59 Å². The molecule has 3 aromatic carbocycles. The molecule has 35 heavy (non-hydrogen) atoms. The predicted octanol–water partition coefficient (Wildman–Crippen LogP) is 5.14. The Morgan fingerprint density at radius 1 is 0.829 bits per heavy atom. The lowest BCUT2D eigenvalue weighted by Crippen LogP contribution is -2.49. The fourth-order valence-electron chi connectivity index (χ4n) is 3.90. The van der Waals surface area contributed by atoms with Crippen molar-refractivity contribution >= 4 is 11.8 Å². The number of methoxy groups -OCH3 is 1. The number of ether oxygens (including phenoxy) is 1. The van der Waals surface area contributed by atoms with Crippen LogP contribution >= 0.6 is 0 Å². The third-order valence-corrected chi connectivity index (χ3v) is 6.09. The Balaban J connectivity index is 1.74. The predicted molar refractivity (Wildman–Crippen MR) is 140 cm³/mol. The van der Waals surface area contributed by atoms with E-state index in [0.29, 0.717) is 6.42 Å². The van der Waals surface area contributed by atoms with Gasteiger partial charge < -0.3 is 15.4 Å². The molecule has 0 heterocycles. The molecule has 0 unspecified atom stereocenters. The number of hydrogen-bond donors (Lipinski definition) is 2. The minimum absolute atomic E-state index is 0.0486. The van der Waals surface area contributed by atoms with E-state index >= 15 is 0 Å². The van der Waals surface area contributed by atoms with Crippen molar-refractivity contribution in [2.45, 2.75) is 58.0 Å². The van der Waals surface area contributed by atoms with E-state index in [1.165, 1.54) is 5.56 Å². The van der Waals surface area contributed by atoms with Gasteiger partial charge in [0.25, 0.3) is 0 Å². The zero-order chi connectivity index (χ0) is 25.4. The van der Waals surface area contributed by atoms with Crippen LogP contribution in [0, 0.1) is 0 Å². The summed E-state index contributed by atoms with van der Waals surface area (Å²) in [6, 6.07) is 24.6. The van der Waals surface area contributed by atoms with Gasteiger partial charge in [0.2, 0.25) is 11.8 Å². The van der Waals surface area contributed by atoms with Gasteiger partial charge in [-0.25, -0.2) is 0 Å². The second kappa shape index (κ2) is 11.7. The molecule has 0 aliphatic rings. The molecule has 2 atom stereocenters. The monoisotopic (exact) mass is 472 g/mol. The Hall–Kier alpha value is -3.60. The molecule has 5 nitrogen and oxygen atoms in total. The Labute approximate surface area is 208 Å². The number of rotatable bonds is 9. The van der Waals surface area contributed by atoms with Crippen LogP contribution in [0.4, 0.5) is 0 Å². The molecule has 0 radical (unpaired) electrons. The maximum absolute atomic E-state index is 13.3. The van der Waals surface area contributed by atoms with E-state index < -0.39 is 6.04 Å². The lowest BCUT2D eigenvalue weighted by Gasteiger charge is -2.23. The van der Waals surface area contributed by atoms with Gasteiger partial charge >= 0.3 is 0 Å². The smallest absolute Gasteiger partial charge is 0.243 e. The van der Waals surface area contributed by atoms with Crippen LogP contribution in [0.1, 0.15) is 56.0 Å². The summed E-state index contributed by atoms with van der Waals surface area (Å²) in [7, 11) is 1.61. The van der Waals surface area contributed by atoms with E-state index in [-0.39, 0.29) is 29.7 Å². The Bertz CT molecular complexity index is 1100. The van der Waals surface area contributed by atoms with Crippen LogP contribution in [0.15, 0.2) is 78.9 Å². The number of benzene rings is 3. The highest BCUT2D eigenvalue weighted by Crippen LogP contribution is 2.22. The van der Waals surface area contributed by atoms with Crippen LogP contribution in [0.3, 0.4) is 0 Å². The first-order chi connectivity index (χ1) is 16.7. The highest BCUT2D eigenvalue weighted by atomic mass is 16.5. The summed E-state index contributed by atoms with van der Waals surface area (Å²) in [4.78, 5) is 26.2. The van der Waals surface area contributed by atoms with Crippen molar-refractivity contribution in [2.75, 3.05) is 7.11 Å². The van der Waals surface area contributed by atoms with Gasteiger partial charge in [-0.2, -0.15) is 0 Å². The molecule has 3 aromatic rings. The summed E-state index contributed by atoms with van der Waals surface area (Å²) in [5.74, 6) is 0.332. The molecule has 5 heteroatoms. The fraction of sp³-hybridized carbons (Fsp3) is 0.333. The summed E-state index contributed by atoms with van der Waals surface area (Å²) < 4.78 is 5.19. The average Bonchev–Trinajstić information content (AvgIpc) is 2.84. The first kappa shape index (κ1) is 26.0. The molecule has 0 saturated carbocycles. The van der Waals surface area contributed by atoms with Crippen molar-refractivity contribution in [1.82, 2.24) is 10.6 Å². The van der Waals surface area contributed by atoms with Crippen molar-refractivity contribution < 1.29 is 14.3 Å². The van der Waals surface area contributed by atoms with Crippen LogP contribution in [-0.4, -0.2) is 25.0 Å². The minimum Gasteiger partial charge on any atom is -0.497 e. The molecule has 184 valence electrons. The van der Waals surface area contributed by atoms with Gasteiger partial charge in [0.15, 0.2) is 0 Å². The van der Waals surface area contributed by atoms with Gasteiger partial charge in [-0.15, -0.1) is 0 Å². The molecule has 2 amide bonds. The van der Waals surface area contributed by atoms with Crippen LogP contribution < -0.4 is 15.4 Å². The van der Waals surface area contributed by atoms with Crippen molar-refractivity contribution in [3.8, 4) is 5.75 Å². The highest BCUT2D eigenvalue weighted by Gasteiger charge is 2.23. The quantitative estimate of drug-likeness (QED) is 0.453. The van der Waals surface area contributed by atoms with E-state index in [4.69, 9.17) is 4.74 Å². The molecular weight excluding hydrogens is 436 g/mol. The zero-order valence-electron chi connectivity index (χ0n) is 21.3. The van der Waals surface area contributed by atoms with Crippen LogP contribution in [0.2, 0.25) is 0 Å². The van der Waals surface area contributed by atoms with Gasteiger partial charge in [-0.1, -0.05) is 87.5 Å². The Morgan fingerprint density at radius 2 is 1.43 bits per heavy atom. The zero-order valence-corrected chi connectivity index (χ0v) is 21.3. The van der Waals surface area contributed by atoms with Crippen molar-refractivity contribution in [2.24, 2.45) is 0 Å². The summed E-state index contributed by atoms with van der Waals surface area (Å²) in [5, 5.41) is 6.03. The van der Waals surface area contributed by atoms with E-state index in [1.54, 1.807) is 7.11 Å². The second-order valence-corrected chi connectivity index (χ2v) is 9.94. The SMILES string of the molecule is COc1ccc(CC(=O)N[C@@H](Cc2ccc(C(C)(C)C)cc2)C(=O)N[C@H](C)c2ccccc2)cc1. The van der Waals surface area contributed by atoms with Crippen molar-refractivity contribution in [1.29, 1.82) is 0 Å². The number of carbonyl (C=O) groups excluding carboxylic acids is 2. The molecule has 0 bridgehead atoms. The lowest BCUT2D eigenvalue weighted by atomic mass is 9.86. The fourth-order valence-corrected chi connectivity index (χ4v) is 3.90. The van der Waals surface area contributed by atoms with Gasteiger partial charge in [0, 0.05) is 6.42 Å². The Morgan fingerprint density at radius 3 is 2.00 bits per heavy atom. The maximum Gasteiger partial charge on any atom is 0.243 e. The second-order valence-electron chi connectivity index (χ2n) is 9.94. The molecule has 0 aliphatic heterocycles. The minimum atomic E-state index is -0.688. The third-order valence-electron chi connectivity index (χ3n) is 6.09. The maximum atomic E-state index is 13.3. The van der Waals surface area contributed by atoms with Crippen molar-refractivity contribution in [3.05, 3.63) is 101 Å². The molecule has 0 saturated heterocycles. The molecule has 0 aliphatic carbocycles. The number of nitrogens with one attached hydrogen (secondary N) is 2. The van der Waals surface area contributed by atoms with Gasteiger partial charge in [0.05, 0.1) is 19.6 Å². The standard InChI is InChI=1S/C30H36N2O3/c1-21(24-9-7-6-8-10-24)31-29(34)27(19-22-11-15-25(16-12-22)30(2,3)4)32-28(33)20-23-13-17-26(35-5)18-14-23/h6-18,21,27H,19-20H2,1-5H3,(H,31,34)(H,32,33)/t21-,27+/m1/s1. The van der Waals surface area contributed by atoms with Gasteiger partial charge in [-0.05, 0) is 46.7 Å². The molecular formula is C30H36N2O3. The molecule has 0 fully saturated rings. The largest absolute Gasteiger partial charge is 0.497 e. The van der Waals surface area contributed by atoms with Crippen molar-refractivity contribution in [3.63, 3.8) is 0 Å². The summed E-state index contributed by atoms with van der Waals surface area (Å²) in [6.45, 7) is 8.45. The normalized spacial score (nSPS) is 12.9. The highest BCUT2D eigenvalue weighted by molar-refractivity contribution is 5.88. The molecule has 2 N–H and O–H groups in total. The third kappa shape index (κ3) is 7.71. The summed E-state index contributed by atoms with van der Waals surface area (Å²) in [6.07, 6.45) is 0.594. The first-order valence-electron chi connectivity index (χ1n) is 12.0. The van der Waals surface area contributed by atoms with E-state index in [2.05, 4.69) is 43.5 Å². The topological polar surface area (TPSA) is 67.4 Å². The van der Waals surface area contributed by atoms with Crippen LogP contribution in [0.5, 0.6) is 5.75 Å². The molecule has 0 aromatic heterocycles. The Kier molecular flexibility index (Phi) is 8.69. The first-order valence-corrected chi connectivity index (χ1v) is 12.0. The number of hydrogen-bond acceptors (Lipinski definition) is 3.